The Kier molecular flexibility index (Phi) is 4.14. The molecular weight excluding hydrogens is 265 g/mol. The van der Waals surface area contributed by atoms with Gasteiger partial charge in [0.05, 0.1) is 5.56 Å². The second-order valence-electron chi connectivity index (χ2n) is 4.59. The van der Waals surface area contributed by atoms with Crippen molar-refractivity contribution in [1.29, 1.82) is 0 Å². The van der Waals surface area contributed by atoms with Gasteiger partial charge in [0.25, 0.3) is 0 Å². The Balaban J connectivity index is 2.45. The topological polar surface area (TPSA) is 20.2 Å². The number of aliphatic hydroxyl groups excluding tert-OH is 1. The smallest absolute Gasteiger partial charge is 0.384 e. The predicted octanol–water partition coefficient (Wildman–Crippen LogP) is 4.35. The summed E-state index contributed by atoms with van der Waals surface area (Å²) >= 11 is 0. The molecule has 2 aromatic carbocycles. The van der Waals surface area contributed by atoms with Crippen molar-refractivity contribution in [3.8, 4) is 0 Å². The molecule has 0 radical (unpaired) electrons. The molecule has 1 atom stereocenters. The summed E-state index contributed by atoms with van der Waals surface area (Å²) in [5.74, 6) is 0. The third-order valence-electron chi connectivity index (χ3n) is 3.24. The molecule has 2 rings (SSSR count). The molecule has 0 aliphatic carbocycles. The van der Waals surface area contributed by atoms with Crippen LogP contribution in [0.3, 0.4) is 0 Å². The van der Waals surface area contributed by atoms with Crippen LogP contribution in [0.2, 0.25) is 0 Å². The van der Waals surface area contributed by atoms with Gasteiger partial charge in [0, 0.05) is 0 Å². The van der Waals surface area contributed by atoms with E-state index >= 15 is 0 Å². The number of rotatable bonds is 3. The molecule has 1 nitrogen and oxygen atoms in total. The summed E-state index contributed by atoms with van der Waals surface area (Å²) in [6.07, 6.45) is -4.99. The van der Waals surface area contributed by atoms with Gasteiger partial charge < -0.3 is 5.11 Å². The van der Waals surface area contributed by atoms with Gasteiger partial charge in [0.2, 0.25) is 0 Å². The fraction of sp³-hybridized carbons (Fsp3) is 0.250. The molecule has 0 fully saturated rings. The van der Waals surface area contributed by atoms with E-state index in [-0.39, 0.29) is 5.56 Å². The van der Waals surface area contributed by atoms with E-state index < -0.39 is 17.8 Å². The maximum atomic E-state index is 13.0. The lowest BCUT2D eigenvalue weighted by atomic mass is 9.95. The molecule has 0 aromatic heterocycles. The third kappa shape index (κ3) is 3.02. The maximum Gasteiger partial charge on any atom is 0.416 e. The Morgan fingerprint density at radius 1 is 1.05 bits per heavy atom. The summed E-state index contributed by atoms with van der Waals surface area (Å²) in [5.41, 5.74) is 0.537. The summed E-state index contributed by atoms with van der Waals surface area (Å²) in [7, 11) is 0. The fourth-order valence-corrected chi connectivity index (χ4v) is 2.16. The van der Waals surface area contributed by atoms with Crippen molar-refractivity contribution in [2.75, 3.05) is 0 Å². The highest BCUT2D eigenvalue weighted by Gasteiger charge is 2.34. The maximum absolute atomic E-state index is 13.0. The average molecular weight is 280 g/mol. The lowest BCUT2D eigenvalue weighted by Crippen LogP contribution is -2.12. The monoisotopic (exact) mass is 280 g/mol. The Morgan fingerprint density at radius 2 is 1.75 bits per heavy atom. The number of alkyl halides is 3. The Labute approximate surface area is 115 Å². The minimum Gasteiger partial charge on any atom is -0.384 e. The van der Waals surface area contributed by atoms with Gasteiger partial charge in [-0.25, -0.2) is 0 Å². The van der Waals surface area contributed by atoms with Crippen LogP contribution in [-0.2, 0) is 12.6 Å². The first kappa shape index (κ1) is 14.6. The van der Waals surface area contributed by atoms with Crippen LogP contribution < -0.4 is 0 Å². The summed E-state index contributed by atoms with van der Waals surface area (Å²) in [5, 5.41) is 10.3. The molecule has 4 heteroatoms. The van der Waals surface area contributed by atoms with E-state index in [2.05, 4.69) is 0 Å². The molecule has 2 aromatic rings. The van der Waals surface area contributed by atoms with Crippen LogP contribution in [0.25, 0.3) is 0 Å². The number of benzene rings is 2. The highest BCUT2D eigenvalue weighted by molar-refractivity contribution is 5.38. The Bertz CT molecular complexity index is 590. The molecule has 0 aliphatic rings. The molecule has 20 heavy (non-hydrogen) atoms. The van der Waals surface area contributed by atoms with Crippen molar-refractivity contribution < 1.29 is 18.3 Å². The van der Waals surface area contributed by atoms with E-state index in [1.807, 2.05) is 13.0 Å². The van der Waals surface area contributed by atoms with E-state index in [0.717, 1.165) is 18.1 Å². The number of aliphatic hydroxyl groups is 1. The molecule has 0 heterocycles. The summed E-state index contributed by atoms with van der Waals surface area (Å²) in [4.78, 5) is 0. The van der Waals surface area contributed by atoms with Crippen molar-refractivity contribution in [2.45, 2.75) is 25.6 Å². The van der Waals surface area contributed by atoms with E-state index in [1.54, 1.807) is 18.2 Å². The van der Waals surface area contributed by atoms with Crippen molar-refractivity contribution in [1.82, 2.24) is 0 Å². The summed E-state index contributed by atoms with van der Waals surface area (Å²) in [6, 6.07) is 12.1. The van der Waals surface area contributed by atoms with Gasteiger partial charge in [-0.15, -0.1) is 0 Å². The van der Waals surface area contributed by atoms with E-state index in [9.17, 15) is 18.3 Å². The summed E-state index contributed by atoms with van der Waals surface area (Å²) in [6.45, 7) is 1.95. The molecular formula is C16H15F3O. The number of aryl methyl sites for hydroxylation is 1. The van der Waals surface area contributed by atoms with Crippen LogP contribution in [0, 0.1) is 0 Å². The Morgan fingerprint density at radius 3 is 2.40 bits per heavy atom. The highest BCUT2D eigenvalue weighted by Crippen LogP contribution is 2.36. The van der Waals surface area contributed by atoms with Gasteiger partial charge in [-0.05, 0) is 29.2 Å². The SMILES string of the molecule is CCc1cccc(C(O)c2ccccc2C(F)(F)F)c1. The zero-order chi connectivity index (χ0) is 14.8. The van der Waals surface area contributed by atoms with Gasteiger partial charge in [-0.1, -0.05) is 49.4 Å². The molecule has 0 aliphatic heterocycles. The van der Waals surface area contributed by atoms with Crippen molar-refractivity contribution in [3.05, 3.63) is 70.8 Å². The third-order valence-corrected chi connectivity index (χ3v) is 3.24. The molecule has 0 amide bonds. The first-order chi connectivity index (χ1) is 9.43. The first-order valence-electron chi connectivity index (χ1n) is 6.36. The standard InChI is InChI=1S/C16H15F3O/c1-2-11-6-5-7-12(10-11)15(20)13-8-3-4-9-14(13)16(17,18)19/h3-10,15,20H,2H2,1H3. The predicted molar refractivity (Wildman–Crippen MR) is 71.3 cm³/mol. The zero-order valence-corrected chi connectivity index (χ0v) is 11.0. The minimum atomic E-state index is -4.47. The number of halogens is 3. The van der Waals surface area contributed by atoms with Crippen molar-refractivity contribution in [2.24, 2.45) is 0 Å². The average Bonchev–Trinajstić information content (AvgIpc) is 2.45. The second-order valence-corrected chi connectivity index (χ2v) is 4.59. The highest BCUT2D eigenvalue weighted by atomic mass is 19.4. The minimum absolute atomic E-state index is 0.117. The number of hydrogen-bond donors (Lipinski definition) is 1. The Hall–Kier alpha value is -1.81. The van der Waals surface area contributed by atoms with Crippen LogP contribution in [0.5, 0.6) is 0 Å². The largest absolute Gasteiger partial charge is 0.416 e. The van der Waals surface area contributed by atoms with Crippen molar-refractivity contribution >= 4 is 0 Å². The molecule has 1 unspecified atom stereocenters. The van der Waals surface area contributed by atoms with Crippen LogP contribution in [0.1, 0.15) is 35.3 Å². The lowest BCUT2D eigenvalue weighted by Gasteiger charge is -2.18. The van der Waals surface area contributed by atoms with Crippen LogP contribution in [0.4, 0.5) is 13.2 Å². The van der Waals surface area contributed by atoms with Gasteiger partial charge in [0.1, 0.15) is 6.10 Å². The van der Waals surface area contributed by atoms with E-state index in [1.165, 1.54) is 18.2 Å². The molecule has 0 spiro atoms. The van der Waals surface area contributed by atoms with Crippen LogP contribution >= 0.6 is 0 Å². The molecule has 1 N–H and O–H groups in total. The second kappa shape index (κ2) is 5.67. The van der Waals surface area contributed by atoms with Gasteiger partial charge in [-0.3, -0.25) is 0 Å². The van der Waals surface area contributed by atoms with Crippen molar-refractivity contribution in [3.63, 3.8) is 0 Å². The van der Waals surface area contributed by atoms with Crippen LogP contribution in [-0.4, -0.2) is 5.11 Å². The molecule has 106 valence electrons. The van der Waals surface area contributed by atoms with Crippen LogP contribution in [0.15, 0.2) is 48.5 Å². The molecule has 0 bridgehead atoms. The molecule has 0 saturated carbocycles. The lowest BCUT2D eigenvalue weighted by molar-refractivity contribution is -0.139. The summed E-state index contributed by atoms with van der Waals surface area (Å²) < 4.78 is 38.9. The van der Waals surface area contributed by atoms with Gasteiger partial charge >= 0.3 is 6.18 Å². The van der Waals surface area contributed by atoms with Gasteiger partial charge in [-0.2, -0.15) is 13.2 Å². The molecule has 0 saturated heterocycles. The fourth-order valence-electron chi connectivity index (χ4n) is 2.16. The van der Waals surface area contributed by atoms with E-state index in [4.69, 9.17) is 0 Å². The van der Waals surface area contributed by atoms with E-state index in [0.29, 0.717) is 5.56 Å². The number of hydrogen-bond acceptors (Lipinski definition) is 1. The van der Waals surface area contributed by atoms with Gasteiger partial charge in [0.15, 0.2) is 0 Å². The zero-order valence-electron chi connectivity index (χ0n) is 11.0. The first-order valence-corrected chi connectivity index (χ1v) is 6.36. The quantitative estimate of drug-likeness (QED) is 0.886. The normalized spacial score (nSPS) is 13.2.